The Bertz CT molecular complexity index is 1330. The molecule has 0 saturated carbocycles. The quantitative estimate of drug-likeness (QED) is 0.390. The van der Waals surface area contributed by atoms with Crippen LogP contribution in [0.2, 0.25) is 0 Å². The largest absolute Gasteiger partial charge is 0.493 e. The van der Waals surface area contributed by atoms with Crippen molar-refractivity contribution in [2.45, 2.75) is 19.1 Å². The topological polar surface area (TPSA) is 65.0 Å². The number of carbonyl (C=O) groups excluding carboxylic acids is 1. The molecular formula is C29H26O5. The number of aliphatic hydroxyl groups is 1. The predicted molar refractivity (Wildman–Crippen MR) is 130 cm³/mol. The molecule has 0 aromatic heterocycles. The van der Waals surface area contributed by atoms with Gasteiger partial charge in [0.2, 0.25) is 0 Å². The number of rotatable bonds is 6. The second kappa shape index (κ2) is 9.57. The summed E-state index contributed by atoms with van der Waals surface area (Å²) < 4.78 is 16.8. The highest BCUT2D eigenvalue weighted by atomic mass is 16.5. The minimum Gasteiger partial charge on any atom is -0.493 e. The number of ether oxygens (including phenoxy) is 3. The Morgan fingerprint density at radius 1 is 0.941 bits per heavy atom. The Hall–Kier alpha value is -3.83. The summed E-state index contributed by atoms with van der Waals surface area (Å²) in [6, 6.07) is 27.4. The lowest BCUT2D eigenvalue weighted by Gasteiger charge is -2.30. The number of benzene rings is 4. The molecule has 0 spiro atoms. The third-order valence-electron chi connectivity index (χ3n) is 6.26. The summed E-state index contributed by atoms with van der Waals surface area (Å²) in [4.78, 5) is 11.8. The van der Waals surface area contributed by atoms with Crippen LogP contribution in [0.3, 0.4) is 0 Å². The molecule has 1 N–H and O–H groups in total. The van der Waals surface area contributed by atoms with Gasteiger partial charge in [0.1, 0.15) is 18.1 Å². The van der Waals surface area contributed by atoms with Gasteiger partial charge in [-0.2, -0.15) is 0 Å². The van der Waals surface area contributed by atoms with Gasteiger partial charge in [0, 0.05) is 11.5 Å². The molecule has 34 heavy (non-hydrogen) atoms. The van der Waals surface area contributed by atoms with Crippen molar-refractivity contribution in [3.8, 4) is 11.5 Å². The van der Waals surface area contributed by atoms with Gasteiger partial charge in [-0.3, -0.25) is 0 Å². The second-order valence-electron chi connectivity index (χ2n) is 8.58. The number of esters is 1. The standard InChI is InChI=1S/C29H26O5/c1-32-29(31)23-8-4-5-19(13-23)14-24-18-34-27-12-11-25(16-26(27)28(24)30)33-17-20-9-10-21-6-2-3-7-22(21)15-20/h2-13,15-16,24,28,30H,14,17-18H2,1H3. The van der Waals surface area contributed by atoms with E-state index in [1.807, 2.05) is 42.5 Å². The first-order valence-electron chi connectivity index (χ1n) is 11.3. The minimum absolute atomic E-state index is 0.142. The first-order chi connectivity index (χ1) is 16.6. The summed E-state index contributed by atoms with van der Waals surface area (Å²) >= 11 is 0. The van der Waals surface area contributed by atoms with Crippen LogP contribution in [0.15, 0.2) is 84.9 Å². The first kappa shape index (κ1) is 22.0. The molecule has 4 aromatic carbocycles. The van der Waals surface area contributed by atoms with E-state index < -0.39 is 6.10 Å². The van der Waals surface area contributed by atoms with Crippen molar-refractivity contribution in [2.75, 3.05) is 13.7 Å². The van der Waals surface area contributed by atoms with Gasteiger partial charge >= 0.3 is 5.97 Å². The molecule has 5 heteroatoms. The van der Waals surface area contributed by atoms with E-state index in [1.54, 1.807) is 12.1 Å². The lowest BCUT2D eigenvalue weighted by atomic mass is 9.88. The maximum atomic E-state index is 11.8. The molecule has 172 valence electrons. The zero-order valence-electron chi connectivity index (χ0n) is 18.9. The van der Waals surface area contributed by atoms with E-state index in [0.717, 1.165) is 16.7 Å². The SMILES string of the molecule is COC(=O)c1cccc(CC2COc3ccc(OCc4ccc5ccccc5c4)cc3C2O)c1. The summed E-state index contributed by atoms with van der Waals surface area (Å²) in [6.07, 6.45) is -0.122. The second-order valence-corrected chi connectivity index (χ2v) is 8.58. The van der Waals surface area contributed by atoms with Crippen molar-refractivity contribution < 1.29 is 24.1 Å². The maximum absolute atomic E-state index is 11.8. The highest BCUT2D eigenvalue weighted by Crippen LogP contribution is 2.39. The van der Waals surface area contributed by atoms with Gasteiger partial charge in [-0.05, 0) is 64.7 Å². The first-order valence-corrected chi connectivity index (χ1v) is 11.3. The van der Waals surface area contributed by atoms with Crippen LogP contribution >= 0.6 is 0 Å². The zero-order valence-corrected chi connectivity index (χ0v) is 18.9. The van der Waals surface area contributed by atoms with Gasteiger partial charge in [0.15, 0.2) is 0 Å². The molecule has 4 aromatic rings. The Balaban J connectivity index is 1.29. The fraction of sp³-hybridized carbons (Fsp3) is 0.207. The molecule has 2 unspecified atom stereocenters. The molecule has 2 atom stereocenters. The van der Waals surface area contributed by atoms with E-state index >= 15 is 0 Å². The van der Waals surface area contributed by atoms with Crippen LogP contribution in [0.4, 0.5) is 0 Å². The maximum Gasteiger partial charge on any atom is 0.337 e. The molecule has 1 aliphatic heterocycles. The number of carbonyl (C=O) groups is 1. The van der Waals surface area contributed by atoms with Crippen LogP contribution < -0.4 is 9.47 Å². The van der Waals surface area contributed by atoms with Crippen LogP contribution in [0.1, 0.15) is 33.2 Å². The van der Waals surface area contributed by atoms with Gasteiger partial charge in [0.25, 0.3) is 0 Å². The molecule has 0 aliphatic carbocycles. The van der Waals surface area contributed by atoms with Crippen LogP contribution in [0, 0.1) is 5.92 Å². The number of methoxy groups -OCH3 is 1. The van der Waals surface area contributed by atoms with Crippen LogP contribution in [0.25, 0.3) is 10.8 Å². The number of hydrogen-bond donors (Lipinski definition) is 1. The van der Waals surface area contributed by atoms with Crippen molar-refractivity contribution >= 4 is 16.7 Å². The highest BCUT2D eigenvalue weighted by molar-refractivity contribution is 5.89. The lowest BCUT2D eigenvalue weighted by Crippen LogP contribution is -2.27. The highest BCUT2D eigenvalue weighted by Gasteiger charge is 2.30. The van der Waals surface area contributed by atoms with E-state index in [4.69, 9.17) is 14.2 Å². The smallest absolute Gasteiger partial charge is 0.337 e. The summed E-state index contributed by atoms with van der Waals surface area (Å²) in [5.74, 6) is 0.838. The molecule has 5 nitrogen and oxygen atoms in total. The van der Waals surface area contributed by atoms with Crippen molar-refractivity contribution in [3.05, 3.63) is 107 Å². The summed E-state index contributed by atoms with van der Waals surface area (Å²) in [6.45, 7) is 0.832. The molecular weight excluding hydrogens is 428 g/mol. The van der Waals surface area contributed by atoms with E-state index in [1.165, 1.54) is 17.9 Å². The number of hydrogen-bond acceptors (Lipinski definition) is 5. The van der Waals surface area contributed by atoms with Gasteiger partial charge < -0.3 is 19.3 Å². The van der Waals surface area contributed by atoms with Crippen LogP contribution in [0.5, 0.6) is 11.5 Å². The van der Waals surface area contributed by atoms with Crippen LogP contribution in [-0.4, -0.2) is 24.8 Å². The summed E-state index contributed by atoms with van der Waals surface area (Å²) in [7, 11) is 1.37. The lowest BCUT2D eigenvalue weighted by molar-refractivity contribution is 0.0504. The van der Waals surface area contributed by atoms with E-state index in [-0.39, 0.29) is 11.9 Å². The predicted octanol–water partition coefficient (Wildman–Crippen LogP) is 5.49. The Labute approximate surface area is 198 Å². The molecule has 0 bridgehead atoms. The van der Waals surface area contributed by atoms with Crippen molar-refractivity contribution in [2.24, 2.45) is 5.92 Å². The van der Waals surface area contributed by atoms with Crippen LogP contribution in [-0.2, 0) is 17.8 Å². The minimum atomic E-state index is -0.699. The normalized spacial score (nSPS) is 17.0. The summed E-state index contributed by atoms with van der Waals surface area (Å²) in [5, 5.41) is 13.5. The zero-order chi connectivity index (χ0) is 23.5. The fourth-order valence-electron chi connectivity index (χ4n) is 4.43. The Morgan fingerprint density at radius 2 is 1.79 bits per heavy atom. The fourth-order valence-corrected chi connectivity index (χ4v) is 4.43. The van der Waals surface area contributed by atoms with Gasteiger partial charge in [0.05, 0.1) is 25.4 Å². The monoisotopic (exact) mass is 454 g/mol. The molecule has 1 aliphatic rings. The van der Waals surface area contributed by atoms with E-state index in [2.05, 4.69) is 30.3 Å². The van der Waals surface area contributed by atoms with E-state index in [0.29, 0.717) is 36.7 Å². The number of fused-ring (bicyclic) bond motifs is 2. The Kier molecular flexibility index (Phi) is 6.19. The Morgan fingerprint density at radius 3 is 2.65 bits per heavy atom. The number of aliphatic hydroxyl groups excluding tert-OH is 1. The molecule has 1 heterocycles. The molecule has 0 radical (unpaired) electrons. The molecule has 5 rings (SSSR count). The average molecular weight is 455 g/mol. The molecule has 0 saturated heterocycles. The molecule has 0 fully saturated rings. The average Bonchev–Trinajstić information content (AvgIpc) is 2.89. The van der Waals surface area contributed by atoms with E-state index in [9.17, 15) is 9.90 Å². The van der Waals surface area contributed by atoms with Crippen molar-refractivity contribution in [3.63, 3.8) is 0 Å². The molecule has 0 amide bonds. The van der Waals surface area contributed by atoms with Gasteiger partial charge in [-0.1, -0.05) is 48.5 Å². The summed E-state index contributed by atoms with van der Waals surface area (Å²) in [5.41, 5.74) is 3.24. The third-order valence-corrected chi connectivity index (χ3v) is 6.26. The third kappa shape index (κ3) is 4.61. The van der Waals surface area contributed by atoms with Crippen molar-refractivity contribution in [1.29, 1.82) is 0 Å². The van der Waals surface area contributed by atoms with Gasteiger partial charge in [-0.25, -0.2) is 4.79 Å². The van der Waals surface area contributed by atoms with Crippen molar-refractivity contribution in [1.82, 2.24) is 0 Å². The van der Waals surface area contributed by atoms with Gasteiger partial charge in [-0.15, -0.1) is 0 Å².